The molecule has 1 atom stereocenters. The molecule has 2 aromatic heterocycles. The van der Waals surface area contributed by atoms with Crippen LogP contribution < -0.4 is 18.9 Å². The topological polar surface area (TPSA) is 148 Å². The molecular weight excluding hydrogens is 878 g/mol. The number of ether oxygens (including phenoxy) is 4. The van der Waals surface area contributed by atoms with E-state index >= 15 is 0 Å². The summed E-state index contributed by atoms with van der Waals surface area (Å²) in [6, 6.07) is 22.6. The lowest BCUT2D eigenvalue weighted by Crippen LogP contribution is -2.44. The number of carboxylic acid groups (broad SMARTS) is 1. The lowest BCUT2D eigenvalue weighted by atomic mass is 9.92. The van der Waals surface area contributed by atoms with E-state index in [9.17, 15) is 15.0 Å². The van der Waals surface area contributed by atoms with Crippen molar-refractivity contribution in [1.29, 1.82) is 0 Å². The predicted molar refractivity (Wildman–Crippen MR) is 259 cm³/mol. The van der Waals surface area contributed by atoms with E-state index in [0.717, 1.165) is 74.0 Å². The van der Waals surface area contributed by atoms with Gasteiger partial charge in [-0.3, -0.25) is 29.6 Å². The Kier molecular flexibility index (Phi) is 16.4. The van der Waals surface area contributed by atoms with E-state index in [2.05, 4.69) is 45.9 Å². The number of aliphatic hydroxyl groups excluding tert-OH is 1. The lowest BCUT2D eigenvalue weighted by Gasteiger charge is -2.33. The van der Waals surface area contributed by atoms with Crippen LogP contribution in [0.15, 0.2) is 108 Å². The first kappa shape index (κ1) is 47.6. The number of aliphatic hydroxyl groups is 1. The average Bonchev–Trinajstić information content (AvgIpc) is 3.31. The van der Waals surface area contributed by atoms with E-state index in [4.69, 9.17) is 42.1 Å². The van der Waals surface area contributed by atoms with Crippen LogP contribution in [0.4, 0.5) is 0 Å². The number of halogens is 2. The largest absolute Gasteiger partial charge is 0.488 e. The van der Waals surface area contributed by atoms with Gasteiger partial charge in [0.15, 0.2) is 0 Å². The molecule has 1 aliphatic heterocycles. The standard InChI is InChI=1S/C52H53Cl2N5O7/c1-33-39(31-65-50-19-48(63-29-37-15-35(21-55-3)23-57-25-37)41(17-45(50)53)27-59-14-6-5-13-47(59)52(61)62)9-7-11-43(33)44-12-8-10-40(34(44)2)32-66-51-20-49(42(28-60)18-46(51)54)64-30-38-16-36(22-56-4)24-58-26-38/h7-12,15-26,47,60H,5-6,13-14,27-32H2,1-4H3,(H,61,62)/t47-/m0/s1. The molecule has 0 aliphatic carbocycles. The summed E-state index contributed by atoms with van der Waals surface area (Å²) in [4.78, 5) is 30.9. The molecule has 0 radical (unpaired) electrons. The van der Waals surface area contributed by atoms with Crippen LogP contribution in [0.3, 0.4) is 0 Å². The minimum atomic E-state index is -0.831. The highest BCUT2D eigenvalue weighted by molar-refractivity contribution is 6.32. The Balaban J connectivity index is 1.08. The fraction of sp³-hybridized carbons (Fsp3) is 0.288. The molecule has 66 heavy (non-hydrogen) atoms. The van der Waals surface area contributed by atoms with Crippen LogP contribution in [-0.2, 0) is 44.4 Å². The molecule has 0 bridgehead atoms. The number of hydrogen-bond acceptors (Lipinski definition) is 11. The molecule has 4 aromatic carbocycles. The number of nitrogens with zero attached hydrogens (tertiary/aromatic N) is 5. The van der Waals surface area contributed by atoms with Crippen molar-refractivity contribution in [3.05, 3.63) is 163 Å². The van der Waals surface area contributed by atoms with Crippen LogP contribution in [0, 0.1) is 13.8 Å². The van der Waals surface area contributed by atoms with Crippen molar-refractivity contribution < 1.29 is 34.0 Å². The number of benzene rings is 4. The third kappa shape index (κ3) is 11.9. The molecule has 12 nitrogen and oxygen atoms in total. The molecule has 7 rings (SSSR count). The van der Waals surface area contributed by atoms with E-state index in [0.29, 0.717) is 58.1 Å². The molecule has 342 valence electrons. The second kappa shape index (κ2) is 22.7. The number of hydrogen-bond donors (Lipinski definition) is 2. The Morgan fingerprint density at radius 1 is 0.682 bits per heavy atom. The van der Waals surface area contributed by atoms with Crippen molar-refractivity contribution >= 4 is 41.6 Å². The summed E-state index contributed by atoms with van der Waals surface area (Å²) >= 11 is 13.6. The Hall–Kier alpha value is -6.31. The van der Waals surface area contributed by atoms with Crippen molar-refractivity contribution in [3.63, 3.8) is 0 Å². The number of carboxylic acids is 1. The van der Waals surface area contributed by atoms with Crippen molar-refractivity contribution in [2.24, 2.45) is 9.98 Å². The van der Waals surface area contributed by atoms with Crippen LogP contribution in [0.2, 0.25) is 10.0 Å². The molecule has 0 amide bonds. The van der Waals surface area contributed by atoms with Gasteiger partial charge in [-0.15, -0.1) is 0 Å². The zero-order valence-electron chi connectivity index (χ0n) is 37.5. The molecule has 3 heterocycles. The highest BCUT2D eigenvalue weighted by atomic mass is 35.5. The van der Waals surface area contributed by atoms with Gasteiger partial charge in [-0.25, -0.2) is 0 Å². The summed E-state index contributed by atoms with van der Waals surface area (Å²) in [7, 11) is 3.41. The average molecular weight is 931 g/mol. The number of pyridine rings is 2. The van der Waals surface area contributed by atoms with Gasteiger partial charge in [0.05, 0.1) is 16.7 Å². The fourth-order valence-corrected chi connectivity index (χ4v) is 8.56. The first-order valence-electron chi connectivity index (χ1n) is 21.7. The van der Waals surface area contributed by atoms with Crippen LogP contribution in [0.25, 0.3) is 11.1 Å². The second-order valence-electron chi connectivity index (χ2n) is 16.1. The highest BCUT2D eigenvalue weighted by Crippen LogP contribution is 2.38. The molecule has 1 fully saturated rings. The quantitative estimate of drug-likeness (QED) is 0.0752. The summed E-state index contributed by atoms with van der Waals surface area (Å²) in [5, 5.41) is 20.8. The number of piperidine rings is 1. The third-order valence-corrected chi connectivity index (χ3v) is 12.2. The smallest absolute Gasteiger partial charge is 0.320 e. The van der Waals surface area contributed by atoms with E-state index in [1.165, 1.54) is 0 Å². The summed E-state index contributed by atoms with van der Waals surface area (Å²) < 4.78 is 25.4. The van der Waals surface area contributed by atoms with Gasteiger partial charge < -0.3 is 29.2 Å². The first-order chi connectivity index (χ1) is 32.0. The van der Waals surface area contributed by atoms with Crippen molar-refractivity contribution in [2.45, 2.75) is 78.7 Å². The summed E-state index contributed by atoms with van der Waals surface area (Å²) in [6.45, 7) is 5.84. The van der Waals surface area contributed by atoms with E-state index < -0.39 is 12.0 Å². The Bertz CT molecular complexity index is 2730. The van der Waals surface area contributed by atoms with E-state index in [1.54, 1.807) is 69.5 Å². The molecule has 1 aliphatic rings. The molecule has 14 heteroatoms. The van der Waals surface area contributed by atoms with Gasteiger partial charge in [-0.2, -0.15) is 0 Å². The van der Waals surface area contributed by atoms with Crippen LogP contribution in [-0.4, -0.2) is 70.2 Å². The van der Waals surface area contributed by atoms with Gasteiger partial charge >= 0.3 is 5.97 Å². The number of likely N-dealkylation sites (tertiary alicyclic amines) is 1. The highest BCUT2D eigenvalue weighted by Gasteiger charge is 2.29. The molecule has 6 aromatic rings. The molecule has 0 unspecified atom stereocenters. The molecule has 0 saturated carbocycles. The zero-order chi connectivity index (χ0) is 46.6. The summed E-state index contributed by atoms with van der Waals surface area (Å²) in [5.41, 5.74) is 10.9. The van der Waals surface area contributed by atoms with E-state index in [-0.39, 0.29) is 33.0 Å². The lowest BCUT2D eigenvalue weighted by molar-refractivity contribution is -0.144. The van der Waals surface area contributed by atoms with Gasteiger partial charge in [0.2, 0.25) is 0 Å². The number of aliphatic imine (C=N–C) groups is 2. The van der Waals surface area contributed by atoms with Gasteiger partial charge in [0.25, 0.3) is 0 Å². The molecular formula is C52H53Cl2N5O7. The molecule has 0 spiro atoms. The minimum absolute atomic E-state index is 0.224. The number of carbonyl (C=O) groups is 1. The predicted octanol–water partition coefficient (Wildman–Crippen LogP) is 10.4. The van der Waals surface area contributed by atoms with E-state index in [1.807, 2.05) is 47.4 Å². The Morgan fingerprint density at radius 2 is 1.18 bits per heavy atom. The minimum Gasteiger partial charge on any atom is -0.488 e. The number of aromatic nitrogens is 2. The molecule has 1 saturated heterocycles. The van der Waals surface area contributed by atoms with Crippen LogP contribution in [0.1, 0.15) is 74.9 Å². The maximum atomic E-state index is 12.2. The third-order valence-electron chi connectivity index (χ3n) is 11.6. The van der Waals surface area contributed by atoms with Crippen molar-refractivity contribution in [3.8, 4) is 34.1 Å². The van der Waals surface area contributed by atoms with Gasteiger partial charge in [-0.05, 0) is 90.9 Å². The summed E-state index contributed by atoms with van der Waals surface area (Å²) in [5.74, 6) is 1.05. The number of rotatable bonds is 19. The van der Waals surface area contributed by atoms with Gasteiger partial charge in [0.1, 0.15) is 55.5 Å². The second-order valence-corrected chi connectivity index (χ2v) is 16.9. The van der Waals surface area contributed by atoms with Crippen molar-refractivity contribution in [2.75, 3.05) is 20.6 Å². The SMILES string of the molecule is CN=Cc1cncc(COc2cc(OCc3cccc(-c4cccc(COc5cc(OCc6cncc(C=NC)c6)c(CN6CCCC[C@H]6C(=O)O)cc5Cl)c4C)c3C)c(Cl)cc2CO)c1. The monoisotopic (exact) mass is 929 g/mol. The van der Waals surface area contributed by atoms with Gasteiger partial charge in [0, 0.05) is 103 Å². The normalized spacial score (nSPS) is 14.2. The molecule has 2 N–H and O–H groups in total. The maximum Gasteiger partial charge on any atom is 0.320 e. The van der Waals surface area contributed by atoms with Crippen molar-refractivity contribution in [1.82, 2.24) is 14.9 Å². The maximum absolute atomic E-state index is 12.2. The Morgan fingerprint density at radius 3 is 1.68 bits per heavy atom. The Labute approximate surface area is 395 Å². The van der Waals surface area contributed by atoms with Gasteiger partial charge in [-0.1, -0.05) is 66.0 Å². The zero-order valence-corrected chi connectivity index (χ0v) is 39.0. The summed E-state index contributed by atoms with van der Waals surface area (Å²) in [6.07, 6.45) is 12.8. The van der Waals surface area contributed by atoms with Crippen LogP contribution in [0.5, 0.6) is 23.0 Å². The number of aliphatic carboxylic acids is 1. The first-order valence-corrected chi connectivity index (χ1v) is 22.4. The van der Waals surface area contributed by atoms with Crippen LogP contribution >= 0.6 is 23.2 Å². The fourth-order valence-electron chi connectivity index (χ4n) is 8.08.